The van der Waals surface area contributed by atoms with Crippen LogP contribution in [0, 0.1) is 6.92 Å². The van der Waals surface area contributed by atoms with E-state index >= 15 is 0 Å². The van der Waals surface area contributed by atoms with Gasteiger partial charge in [-0.05, 0) is 46.6 Å². The summed E-state index contributed by atoms with van der Waals surface area (Å²) in [7, 11) is 0. The summed E-state index contributed by atoms with van der Waals surface area (Å²) in [6, 6.07) is 3.86. The molecule has 1 rings (SSSR count). The largest absolute Gasteiger partial charge is 0.366 e. The first-order chi connectivity index (χ1) is 7.94. The van der Waals surface area contributed by atoms with E-state index in [9.17, 15) is 4.79 Å². The fourth-order valence-corrected chi connectivity index (χ4v) is 2.52. The number of benzene rings is 1. The summed E-state index contributed by atoms with van der Waals surface area (Å²) in [5.41, 5.74) is 9.75. The van der Waals surface area contributed by atoms with Crippen molar-refractivity contribution >= 4 is 5.91 Å². The Morgan fingerprint density at radius 2 is 1.50 bits per heavy atom. The Labute approximate surface area is 111 Å². The monoisotopic (exact) mass is 247 g/mol. The van der Waals surface area contributed by atoms with Crippen LogP contribution in [0.3, 0.4) is 0 Å². The summed E-state index contributed by atoms with van der Waals surface area (Å²) in [5.74, 6) is -0.357. The van der Waals surface area contributed by atoms with E-state index in [4.69, 9.17) is 5.73 Å². The molecule has 100 valence electrons. The van der Waals surface area contributed by atoms with Crippen molar-refractivity contribution in [1.29, 1.82) is 0 Å². The first-order valence-corrected chi connectivity index (χ1v) is 6.40. The maximum atomic E-state index is 11.4. The molecule has 0 aliphatic carbocycles. The number of hydrogen-bond acceptors (Lipinski definition) is 1. The normalized spacial score (nSPS) is 12.6. The number of carbonyl (C=O) groups is 1. The highest BCUT2D eigenvalue weighted by Crippen LogP contribution is 2.36. The van der Waals surface area contributed by atoms with Gasteiger partial charge < -0.3 is 5.73 Å². The number of amides is 1. The minimum absolute atomic E-state index is 0.00116. The number of aryl methyl sites for hydroxylation is 1. The first-order valence-electron chi connectivity index (χ1n) is 6.40. The minimum atomic E-state index is -0.357. The van der Waals surface area contributed by atoms with Gasteiger partial charge in [0.05, 0.1) is 0 Å². The van der Waals surface area contributed by atoms with Crippen molar-refractivity contribution in [2.24, 2.45) is 5.73 Å². The summed E-state index contributed by atoms with van der Waals surface area (Å²) in [4.78, 5) is 11.4. The zero-order chi connectivity index (χ0) is 14.3. The van der Waals surface area contributed by atoms with Crippen molar-refractivity contribution < 1.29 is 4.79 Å². The summed E-state index contributed by atoms with van der Waals surface area (Å²) >= 11 is 0. The van der Waals surface area contributed by atoms with Crippen molar-refractivity contribution in [3.63, 3.8) is 0 Å². The second-order valence-corrected chi connectivity index (χ2v) is 7.08. The molecule has 0 aliphatic heterocycles. The fourth-order valence-electron chi connectivity index (χ4n) is 2.52. The third-order valence-corrected chi connectivity index (χ3v) is 3.18. The lowest BCUT2D eigenvalue weighted by molar-refractivity contribution is 0.1000. The Morgan fingerprint density at radius 3 is 1.83 bits per heavy atom. The lowest BCUT2D eigenvalue weighted by Crippen LogP contribution is -2.25. The Kier molecular flexibility index (Phi) is 3.62. The number of carbonyl (C=O) groups excluding carboxylic acids is 1. The molecule has 2 nitrogen and oxygen atoms in total. The predicted octanol–water partition coefficient (Wildman–Crippen LogP) is 3.69. The highest BCUT2D eigenvalue weighted by Gasteiger charge is 2.27. The van der Waals surface area contributed by atoms with Crippen LogP contribution in [0.15, 0.2) is 12.1 Å². The minimum Gasteiger partial charge on any atom is -0.366 e. The van der Waals surface area contributed by atoms with Crippen molar-refractivity contribution in [2.75, 3.05) is 0 Å². The quantitative estimate of drug-likeness (QED) is 0.808. The van der Waals surface area contributed by atoms with E-state index in [0.29, 0.717) is 5.56 Å². The van der Waals surface area contributed by atoms with E-state index in [1.54, 1.807) is 0 Å². The van der Waals surface area contributed by atoms with Crippen molar-refractivity contribution in [3.8, 4) is 0 Å². The van der Waals surface area contributed by atoms with Crippen LogP contribution in [0.1, 0.15) is 68.6 Å². The van der Waals surface area contributed by atoms with Crippen LogP contribution in [0.25, 0.3) is 0 Å². The number of hydrogen-bond donors (Lipinski definition) is 1. The molecule has 0 saturated heterocycles. The van der Waals surface area contributed by atoms with Gasteiger partial charge >= 0.3 is 0 Å². The molecule has 0 bridgehead atoms. The molecule has 1 amide bonds. The number of rotatable bonds is 1. The van der Waals surface area contributed by atoms with Crippen molar-refractivity contribution in [3.05, 3.63) is 34.4 Å². The molecule has 0 unspecified atom stereocenters. The molecular weight excluding hydrogens is 222 g/mol. The lowest BCUT2D eigenvalue weighted by atomic mass is 9.72. The first kappa shape index (κ1) is 14.7. The lowest BCUT2D eigenvalue weighted by Gasteiger charge is -2.32. The molecular formula is C16H25NO. The predicted molar refractivity (Wildman–Crippen MR) is 77.1 cm³/mol. The Balaban J connectivity index is 3.67. The Morgan fingerprint density at radius 1 is 1.00 bits per heavy atom. The summed E-state index contributed by atoms with van der Waals surface area (Å²) in [6.07, 6.45) is 0. The van der Waals surface area contributed by atoms with Gasteiger partial charge in [-0.15, -0.1) is 0 Å². The summed E-state index contributed by atoms with van der Waals surface area (Å²) in [5, 5.41) is 0. The third-order valence-electron chi connectivity index (χ3n) is 3.18. The van der Waals surface area contributed by atoms with E-state index in [1.807, 2.05) is 12.1 Å². The average Bonchev–Trinajstić information content (AvgIpc) is 2.12. The molecule has 0 saturated carbocycles. The molecule has 0 radical (unpaired) electrons. The molecule has 1 aromatic carbocycles. The van der Waals surface area contributed by atoms with E-state index < -0.39 is 0 Å². The Hall–Kier alpha value is -1.31. The molecule has 1 aromatic rings. The Bertz CT molecular complexity index is 473. The molecule has 0 fully saturated rings. The van der Waals surface area contributed by atoms with Crippen LogP contribution in [-0.4, -0.2) is 5.91 Å². The maximum Gasteiger partial charge on any atom is 0.248 e. The van der Waals surface area contributed by atoms with Crippen molar-refractivity contribution in [1.82, 2.24) is 0 Å². The maximum absolute atomic E-state index is 11.4. The molecule has 0 atom stereocenters. The molecule has 18 heavy (non-hydrogen) atoms. The van der Waals surface area contributed by atoms with Gasteiger partial charge in [0.25, 0.3) is 0 Å². The molecule has 0 aliphatic rings. The number of primary amides is 1. The van der Waals surface area contributed by atoms with E-state index in [1.165, 1.54) is 11.1 Å². The average molecular weight is 247 g/mol. The van der Waals surface area contributed by atoms with Gasteiger partial charge in [0.2, 0.25) is 5.91 Å². The van der Waals surface area contributed by atoms with Crippen LogP contribution >= 0.6 is 0 Å². The zero-order valence-electron chi connectivity index (χ0n) is 12.6. The fraction of sp³-hybridized carbons (Fsp3) is 0.562. The van der Waals surface area contributed by atoms with Crippen LogP contribution in [0.2, 0.25) is 0 Å². The molecule has 0 spiro atoms. The van der Waals surface area contributed by atoms with Gasteiger partial charge in [-0.3, -0.25) is 4.79 Å². The van der Waals surface area contributed by atoms with Gasteiger partial charge in [0.15, 0.2) is 0 Å². The van der Waals surface area contributed by atoms with Crippen LogP contribution in [0.5, 0.6) is 0 Å². The topological polar surface area (TPSA) is 43.1 Å². The van der Waals surface area contributed by atoms with E-state index in [2.05, 4.69) is 48.5 Å². The molecule has 0 aromatic heterocycles. The standard InChI is InChI=1S/C16H25NO/c1-10-8-11(14(17)18)9-12(15(2,3)4)13(10)16(5,6)7/h8-9H,1-7H3,(H2,17,18). The SMILES string of the molecule is Cc1cc(C(N)=O)cc(C(C)(C)C)c1C(C)(C)C. The highest BCUT2D eigenvalue weighted by atomic mass is 16.1. The molecule has 2 heteroatoms. The van der Waals surface area contributed by atoms with Gasteiger partial charge in [-0.25, -0.2) is 0 Å². The van der Waals surface area contributed by atoms with Gasteiger partial charge in [-0.1, -0.05) is 41.5 Å². The number of nitrogens with two attached hydrogens (primary N) is 1. The molecule has 2 N–H and O–H groups in total. The second kappa shape index (κ2) is 4.42. The smallest absolute Gasteiger partial charge is 0.248 e. The van der Waals surface area contributed by atoms with Crippen LogP contribution < -0.4 is 5.73 Å². The van der Waals surface area contributed by atoms with Crippen LogP contribution in [0.4, 0.5) is 0 Å². The second-order valence-electron chi connectivity index (χ2n) is 7.08. The van der Waals surface area contributed by atoms with Gasteiger partial charge in [-0.2, -0.15) is 0 Å². The third kappa shape index (κ3) is 2.92. The van der Waals surface area contributed by atoms with Crippen molar-refractivity contribution in [2.45, 2.75) is 59.3 Å². The zero-order valence-corrected chi connectivity index (χ0v) is 12.6. The van der Waals surface area contributed by atoms with E-state index in [0.717, 1.165) is 5.56 Å². The highest BCUT2D eigenvalue weighted by molar-refractivity contribution is 5.93. The molecule has 0 heterocycles. The van der Waals surface area contributed by atoms with Gasteiger partial charge in [0.1, 0.15) is 0 Å². The van der Waals surface area contributed by atoms with Crippen LogP contribution in [-0.2, 0) is 10.8 Å². The van der Waals surface area contributed by atoms with E-state index in [-0.39, 0.29) is 16.7 Å². The summed E-state index contributed by atoms with van der Waals surface area (Å²) < 4.78 is 0. The summed E-state index contributed by atoms with van der Waals surface area (Å²) in [6.45, 7) is 15.2. The van der Waals surface area contributed by atoms with Gasteiger partial charge in [0, 0.05) is 5.56 Å².